The number of amides is 1. The molecule has 1 aliphatic rings. The molecule has 0 spiro atoms. The molecule has 0 saturated carbocycles. The van der Waals surface area contributed by atoms with E-state index in [2.05, 4.69) is 15.2 Å². The molecule has 0 aliphatic carbocycles. The summed E-state index contributed by atoms with van der Waals surface area (Å²) in [6.07, 6.45) is 1.75. The molecule has 0 radical (unpaired) electrons. The molecule has 0 bridgehead atoms. The quantitative estimate of drug-likeness (QED) is 0.371. The van der Waals surface area contributed by atoms with E-state index >= 15 is 0 Å². The van der Waals surface area contributed by atoms with Crippen LogP contribution in [0.2, 0.25) is 10.0 Å². The molecule has 1 aliphatic heterocycles. The molecule has 4 aromatic rings. The highest BCUT2D eigenvalue weighted by Crippen LogP contribution is 2.24. The maximum atomic E-state index is 13.2. The van der Waals surface area contributed by atoms with Crippen molar-refractivity contribution in [3.8, 4) is 0 Å². The zero-order valence-electron chi connectivity index (χ0n) is 18.5. The highest BCUT2D eigenvalue weighted by atomic mass is 35.5. The van der Waals surface area contributed by atoms with E-state index in [9.17, 15) is 9.59 Å². The molecular weight excluding hydrogens is 487 g/mol. The molecule has 1 amide bonds. The monoisotopic (exact) mass is 506 g/mol. The third kappa shape index (κ3) is 5.12. The molecule has 0 atom stereocenters. The van der Waals surface area contributed by atoms with Crippen molar-refractivity contribution in [2.75, 3.05) is 36.5 Å². The lowest BCUT2D eigenvalue weighted by Crippen LogP contribution is -2.36. The summed E-state index contributed by atoms with van der Waals surface area (Å²) in [4.78, 5) is 37.2. The number of aromatic nitrogens is 2. The van der Waals surface area contributed by atoms with Crippen LogP contribution < -0.4 is 10.2 Å². The Morgan fingerprint density at radius 2 is 1.63 bits per heavy atom. The first-order valence-electron chi connectivity index (χ1n) is 11.0. The van der Waals surface area contributed by atoms with E-state index in [-0.39, 0.29) is 11.7 Å². The number of halogens is 2. The van der Waals surface area contributed by atoms with Crippen LogP contribution in [-0.2, 0) is 4.74 Å². The van der Waals surface area contributed by atoms with Crippen LogP contribution in [0.1, 0.15) is 26.3 Å². The molecule has 1 aromatic heterocycles. The number of ether oxygens (including phenoxy) is 1. The van der Waals surface area contributed by atoms with E-state index in [1.807, 2.05) is 0 Å². The van der Waals surface area contributed by atoms with E-state index in [1.165, 1.54) is 6.07 Å². The standard InChI is InChI=1S/C26H20Cl2N4O3/c27-20-6-4-18(13-21(20)28)26(34)30-19-3-1-2-16(12-19)25(33)17-5-7-22-23(14-17)31-24(15-29-22)32-8-10-35-11-9-32/h1-7,12-15H,8-11H2,(H,30,34). The van der Waals surface area contributed by atoms with Crippen LogP contribution >= 0.6 is 23.2 Å². The minimum Gasteiger partial charge on any atom is -0.378 e. The molecule has 1 fully saturated rings. The Balaban J connectivity index is 1.37. The second-order valence-electron chi connectivity index (χ2n) is 8.02. The molecule has 35 heavy (non-hydrogen) atoms. The Morgan fingerprint density at radius 1 is 0.857 bits per heavy atom. The Labute approximate surface area is 211 Å². The molecule has 2 heterocycles. The van der Waals surface area contributed by atoms with Gasteiger partial charge >= 0.3 is 0 Å². The van der Waals surface area contributed by atoms with Gasteiger partial charge in [-0.25, -0.2) is 4.98 Å². The van der Waals surface area contributed by atoms with Gasteiger partial charge in [0.1, 0.15) is 5.82 Å². The van der Waals surface area contributed by atoms with Crippen molar-refractivity contribution in [3.63, 3.8) is 0 Å². The summed E-state index contributed by atoms with van der Waals surface area (Å²) in [6.45, 7) is 2.80. The van der Waals surface area contributed by atoms with Crippen LogP contribution in [0.25, 0.3) is 11.0 Å². The topological polar surface area (TPSA) is 84.4 Å². The van der Waals surface area contributed by atoms with Gasteiger partial charge in [-0.1, -0.05) is 35.3 Å². The minimum atomic E-state index is -0.357. The summed E-state index contributed by atoms with van der Waals surface area (Å²) in [5.74, 6) is 0.221. The number of nitrogens with zero attached hydrogens (tertiary/aromatic N) is 3. The highest BCUT2D eigenvalue weighted by molar-refractivity contribution is 6.42. The van der Waals surface area contributed by atoms with Crippen molar-refractivity contribution in [1.82, 2.24) is 9.97 Å². The predicted molar refractivity (Wildman–Crippen MR) is 137 cm³/mol. The zero-order valence-corrected chi connectivity index (χ0v) is 20.0. The Morgan fingerprint density at radius 3 is 2.43 bits per heavy atom. The van der Waals surface area contributed by atoms with Crippen molar-refractivity contribution in [2.24, 2.45) is 0 Å². The van der Waals surface area contributed by atoms with E-state index in [0.29, 0.717) is 56.7 Å². The SMILES string of the molecule is O=C(Nc1cccc(C(=O)c2ccc3ncc(N4CCOCC4)nc3c2)c1)c1ccc(Cl)c(Cl)c1. The molecular formula is C26H20Cl2N4O3. The number of hydrogen-bond acceptors (Lipinski definition) is 6. The highest BCUT2D eigenvalue weighted by Gasteiger charge is 2.16. The number of fused-ring (bicyclic) bond motifs is 1. The first kappa shape index (κ1) is 23.2. The lowest BCUT2D eigenvalue weighted by atomic mass is 10.0. The Bertz CT molecular complexity index is 1440. The van der Waals surface area contributed by atoms with Gasteiger partial charge in [0, 0.05) is 35.5 Å². The van der Waals surface area contributed by atoms with Gasteiger partial charge in [-0.2, -0.15) is 0 Å². The minimum absolute atomic E-state index is 0.184. The number of nitrogens with one attached hydrogen (secondary N) is 1. The smallest absolute Gasteiger partial charge is 0.255 e. The van der Waals surface area contributed by atoms with Crippen LogP contribution in [0.4, 0.5) is 11.5 Å². The number of benzene rings is 3. The number of carbonyl (C=O) groups is 2. The number of carbonyl (C=O) groups excluding carboxylic acids is 2. The average molecular weight is 507 g/mol. The van der Waals surface area contributed by atoms with Gasteiger partial charge in [0.05, 0.1) is 40.5 Å². The number of hydrogen-bond donors (Lipinski definition) is 1. The first-order chi connectivity index (χ1) is 17.0. The predicted octanol–water partition coefficient (Wildman–Crippen LogP) is 5.26. The van der Waals surface area contributed by atoms with Gasteiger partial charge in [-0.15, -0.1) is 0 Å². The zero-order chi connectivity index (χ0) is 24.4. The lowest BCUT2D eigenvalue weighted by Gasteiger charge is -2.27. The van der Waals surface area contributed by atoms with Gasteiger partial charge in [-0.3, -0.25) is 14.6 Å². The second kappa shape index (κ2) is 10.00. The van der Waals surface area contributed by atoms with Crippen molar-refractivity contribution in [1.29, 1.82) is 0 Å². The molecule has 176 valence electrons. The van der Waals surface area contributed by atoms with Crippen LogP contribution in [0.5, 0.6) is 0 Å². The van der Waals surface area contributed by atoms with Crippen molar-refractivity contribution in [3.05, 3.63) is 93.6 Å². The van der Waals surface area contributed by atoms with Crippen molar-refractivity contribution < 1.29 is 14.3 Å². The summed E-state index contributed by atoms with van der Waals surface area (Å²) in [7, 11) is 0. The molecule has 5 rings (SSSR count). The largest absolute Gasteiger partial charge is 0.378 e. The van der Waals surface area contributed by atoms with Gasteiger partial charge < -0.3 is 15.0 Å². The summed E-state index contributed by atoms with van der Waals surface area (Å²) in [5, 5.41) is 3.45. The number of anilines is 2. The van der Waals surface area contributed by atoms with E-state index < -0.39 is 0 Å². The molecule has 3 aromatic carbocycles. The number of ketones is 1. The van der Waals surface area contributed by atoms with Gasteiger partial charge in [-0.05, 0) is 48.5 Å². The van der Waals surface area contributed by atoms with Crippen molar-refractivity contribution in [2.45, 2.75) is 0 Å². The molecule has 1 saturated heterocycles. The van der Waals surface area contributed by atoms with Gasteiger partial charge in [0.2, 0.25) is 0 Å². The van der Waals surface area contributed by atoms with Crippen LogP contribution in [0.15, 0.2) is 66.9 Å². The molecule has 9 heteroatoms. The first-order valence-corrected chi connectivity index (χ1v) is 11.7. The Kier molecular flexibility index (Phi) is 6.63. The van der Waals surface area contributed by atoms with Crippen LogP contribution in [-0.4, -0.2) is 48.0 Å². The molecule has 1 N–H and O–H groups in total. The molecule has 0 unspecified atom stereocenters. The summed E-state index contributed by atoms with van der Waals surface area (Å²) in [5.41, 5.74) is 3.12. The van der Waals surface area contributed by atoms with Crippen molar-refractivity contribution >= 4 is 57.4 Å². The maximum absolute atomic E-state index is 13.2. The van der Waals surface area contributed by atoms with E-state index in [0.717, 1.165) is 18.9 Å². The van der Waals surface area contributed by atoms with Crippen LogP contribution in [0, 0.1) is 0 Å². The third-order valence-electron chi connectivity index (χ3n) is 5.69. The number of rotatable bonds is 5. The summed E-state index contributed by atoms with van der Waals surface area (Å²) < 4.78 is 5.40. The average Bonchev–Trinajstić information content (AvgIpc) is 2.89. The normalized spacial score (nSPS) is 13.6. The summed E-state index contributed by atoms with van der Waals surface area (Å²) in [6, 6.07) is 16.7. The van der Waals surface area contributed by atoms with E-state index in [4.69, 9.17) is 32.9 Å². The second-order valence-corrected chi connectivity index (χ2v) is 8.84. The fourth-order valence-electron chi connectivity index (χ4n) is 3.83. The van der Waals surface area contributed by atoms with Gasteiger partial charge in [0.15, 0.2) is 5.78 Å². The third-order valence-corrected chi connectivity index (χ3v) is 6.43. The Hall–Kier alpha value is -3.52. The fraction of sp³-hybridized carbons (Fsp3) is 0.154. The van der Waals surface area contributed by atoms with Crippen LogP contribution in [0.3, 0.4) is 0 Å². The molecule has 7 nitrogen and oxygen atoms in total. The summed E-state index contributed by atoms with van der Waals surface area (Å²) >= 11 is 11.9. The van der Waals surface area contributed by atoms with Gasteiger partial charge in [0.25, 0.3) is 5.91 Å². The van der Waals surface area contributed by atoms with E-state index in [1.54, 1.807) is 60.8 Å². The maximum Gasteiger partial charge on any atom is 0.255 e. The number of morpholine rings is 1. The fourth-order valence-corrected chi connectivity index (χ4v) is 4.13. The lowest BCUT2D eigenvalue weighted by molar-refractivity contribution is 0.102.